The van der Waals surface area contributed by atoms with E-state index < -0.39 is 0 Å². The van der Waals surface area contributed by atoms with Crippen molar-refractivity contribution >= 4 is 21.5 Å². The van der Waals surface area contributed by atoms with Gasteiger partial charge in [-0.25, -0.2) is 0 Å². The van der Waals surface area contributed by atoms with Crippen LogP contribution in [0.4, 0.5) is 0 Å². The van der Waals surface area contributed by atoms with Crippen molar-refractivity contribution in [2.45, 2.75) is 103 Å². The van der Waals surface area contributed by atoms with Crippen LogP contribution in [0, 0.1) is 13.8 Å². The van der Waals surface area contributed by atoms with E-state index in [4.69, 9.17) is 0 Å². The first-order valence-corrected chi connectivity index (χ1v) is 14.4. The van der Waals surface area contributed by atoms with Crippen molar-refractivity contribution in [2.24, 2.45) is 0 Å². The van der Waals surface area contributed by atoms with Crippen molar-refractivity contribution in [2.75, 3.05) is 0 Å². The van der Waals surface area contributed by atoms with Crippen molar-refractivity contribution in [3.05, 3.63) is 93.0 Å². The number of hydrogen-bond donors (Lipinski definition) is 0. The van der Waals surface area contributed by atoms with Crippen LogP contribution >= 0.6 is 0 Å². The third kappa shape index (κ3) is 1.91. The van der Waals surface area contributed by atoms with E-state index in [1.54, 1.807) is 49.5 Å². The van der Waals surface area contributed by atoms with Crippen LogP contribution in [-0.2, 0) is 21.7 Å². The van der Waals surface area contributed by atoms with E-state index in [0.717, 1.165) is 12.8 Å². The van der Waals surface area contributed by atoms with Crippen molar-refractivity contribution in [3.63, 3.8) is 0 Å². The smallest absolute Gasteiger partial charge is 0.0350 e. The van der Waals surface area contributed by atoms with Gasteiger partial charge in [0, 0.05) is 21.7 Å². The van der Waals surface area contributed by atoms with Crippen LogP contribution in [0.15, 0.2) is 48.5 Å². The quantitative estimate of drug-likeness (QED) is 0.277. The summed E-state index contributed by atoms with van der Waals surface area (Å²) in [5, 5.41) is 6.25. The molecule has 0 aliphatic heterocycles. The minimum absolute atomic E-state index is 0.00284. The van der Waals surface area contributed by atoms with E-state index in [1.807, 2.05) is 0 Å². The highest BCUT2D eigenvalue weighted by atomic mass is 14.7. The molecular formula is C36H40. The van der Waals surface area contributed by atoms with Gasteiger partial charge >= 0.3 is 0 Å². The van der Waals surface area contributed by atoms with Gasteiger partial charge in [-0.05, 0) is 106 Å². The molecule has 0 heterocycles. The average Bonchev–Trinajstić information content (AvgIpc) is 3.38. The first kappa shape index (κ1) is 22.6. The second kappa shape index (κ2) is 6.63. The van der Waals surface area contributed by atoms with E-state index in [1.165, 1.54) is 29.4 Å². The second-order valence-electron chi connectivity index (χ2n) is 12.6. The van der Waals surface area contributed by atoms with E-state index in [-0.39, 0.29) is 21.7 Å². The Morgan fingerprint density at radius 1 is 0.417 bits per heavy atom. The Morgan fingerprint density at radius 3 is 1.08 bits per heavy atom. The highest BCUT2D eigenvalue weighted by Gasteiger charge is 2.64. The Morgan fingerprint density at radius 2 is 0.722 bits per heavy atom. The van der Waals surface area contributed by atoms with Crippen LogP contribution in [-0.4, -0.2) is 0 Å². The molecule has 4 aromatic rings. The molecule has 4 atom stereocenters. The van der Waals surface area contributed by atoms with E-state index in [2.05, 4.69) is 104 Å². The fraction of sp³-hybridized carbons (Fsp3) is 0.444. The summed E-state index contributed by atoms with van der Waals surface area (Å²) in [6, 6.07) is 20.1. The molecule has 0 N–H and O–H groups in total. The molecule has 0 bridgehead atoms. The lowest BCUT2D eigenvalue weighted by atomic mass is 9.57. The molecule has 4 aromatic carbocycles. The predicted octanol–water partition coefficient (Wildman–Crippen LogP) is 9.68. The predicted molar refractivity (Wildman–Crippen MR) is 155 cm³/mol. The molecule has 36 heavy (non-hydrogen) atoms. The van der Waals surface area contributed by atoms with E-state index in [9.17, 15) is 0 Å². The standard InChI is InChI=1S/C36H40/c1-9-33(7)23-17-19-27-32-28(20-18-24(30(23)32)34(33,8)10-2)36(12-4)26-16-14-22(6)29-21(5)13-15-25(31(26)29)35(27,36)11-3/h13-20H,9-12H2,1-8H3. The van der Waals surface area contributed by atoms with Crippen molar-refractivity contribution in [1.29, 1.82) is 0 Å². The number of benzene rings is 4. The van der Waals surface area contributed by atoms with Crippen LogP contribution in [0.5, 0.6) is 0 Å². The molecular weight excluding hydrogens is 432 g/mol. The largest absolute Gasteiger partial charge is 0.0645 e. The molecule has 7 rings (SSSR count). The van der Waals surface area contributed by atoms with Crippen LogP contribution < -0.4 is 0 Å². The monoisotopic (exact) mass is 472 g/mol. The maximum Gasteiger partial charge on any atom is 0.0350 e. The number of hydrogen-bond acceptors (Lipinski definition) is 0. The second-order valence-corrected chi connectivity index (χ2v) is 12.6. The summed E-state index contributed by atoms with van der Waals surface area (Å²) < 4.78 is 0. The lowest BCUT2D eigenvalue weighted by Gasteiger charge is -2.44. The highest BCUT2D eigenvalue weighted by Crippen LogP contribution is 2.71. The van der Waals surface area contributed by atoms with Gasteiger partial charge in [0.2, 0.25) is 0 Å². The van der Waals surface area contributed by atoms with Gasteiger partial charge in [-0.15, -0.1) is 0 Å². The molecule has 184 valence electrons. The zero-order valence-corrected chi connectivity index (χ0v) is 23.4. The summed E-state index contributed by atoms with van der Waals surface area (Å²) in [6.07, 6.45) is 4.60. The van der Waals surface area contributed by atoms with Crippen LogP contribution in [0.2, 0.25) is 0 Å². The van der Waals surface area contributed by atoms with Gasteiger partial charge in [0.05, 0.1) is 0 Å². The molecule has 0 nitrogen and oxygen atoms in total. The van der Waals surface area contributed by atoms with Gasteiger partial charge in [-0.1, -0.05) is 90.1 Å². The third-order valence-corrected chi connectivity index (χ3v) is 12.2. The third-order valence-electron chi connectivity index (χ3n) is 12.2. The van der Waals surface area contributed by atoms with Crippen molar-refractivity contribution < 1.29 is 0 Å². The zero-order chi connectivity index (χ0) is 25.4. The topological polar surface area (TPSA) is 0 Å². The SMILES string of the molecule is CCC1(C)c2ccc3c4c(ccc(c24)C1(C)CC)C1(CC)c2ccc(C)c4c(C)ccc(c24)C31CC. The Balaban J connectivity index is 1.71. The molecule has 0 saturated carbocycles. The minimum atomic E-state index is -0.00284. The Hall–Kier alpha value is -2.60. The van der Waals surface area contributed by atoms with Crippen LogP contribution in [0.3, 0.4) is 0 Å². The summed E-state index contributed by atoms with van der Waals surface area (Å²) in [5.74, 6) is 0. The summed E-state index contributed by atoms with van der Waals surface area (Å²) in [6.45, 7) is 19.4. The van der Waals surface area contributed by atoms with Gasteiger partial charge in [0.15, 0.2) is 0 Å². The zero-order valence-electron chi connectivity index (χ0n) is 23.4. The van der Waals surface area contributed by atoms with Gasteiger partial charge in [0.1, 0.15) is 0 Å². The molecule has 0 fully saturated rings. The first-order valence-electron chi connectivity index (χ1n) is 14.4. The normalized spacial score (nSPS) is 31.1. The van der Waals surface area contributed by atoms with E-state index in [0.29, 0.717) is 0 Å². The summed E-state index contributed by atoms with van der Waals surface area (Å²) in [4.78, 5) is 0. The van der Waals surface area contributed by atoms with Crippen molar-refractivity contribution in [1.82, 2.24) is 0 Å². The van der Waals surface area contributed by atoms with Gasteiger partial charge in [-0.3, -0.25) is 0 Å². The fourth-order valence-corrected chi connectivity index (χ4v) is 10.0. The fourth-order valence-electron chi connectivity index (χ4n) is 10.0. The minimum Gasteiger partial charge on any atom is -0.0645 e. The highest BCUT2D eigenvalue weighted by molar-refractivity contribution is 6.08. The maximum absolute atomic E-state index is 2.57. The first-order chi connectivity index (χ1) is 17.2. The van der Waals surface area contributed by atoms with Gasteiger partial charge < -0.3 is 0 Å². The lowest BCUT2D eigenvalue weighted by molar-refractivity contribution is 0.251. The average molecular weight is 473 g/mol. The Kier molecular flexibility index (Phi) is 4.16. The summed E-state index contributed by atoms with van der Waals surface area (Å²) in [7, 11) is 0. The van der Waals surface area contributed by atoms with Crippen LogP contribution in [0.1, 0.15) is 112 Å². The molecule has 0 spiro atoms. The van der Waals surface area contributed by atoms with Crippen molar-refractivity contribution in [3.8, 4) is 0 Å². The molecule has 3 aliphatic rings. The molecule has 0 aromatic heterocycles. The summed E-state index contributed by atoms with van der Waals surface area (Å²) >= 11 is 0. The van der Waals surface area contributed by atoms with Gasteiger partial charge in [0.25, 0.3) is 0 Å². The number of fused-ring (bicyclic) bond motifs is 5. The summed E-state index contributed by atoms with van der Waals surface area (Å²) in [5.41, 5.74) is 12.7. The molecule has 0 saturated heterocycles. The molecule has 0 heteroatoms. The molecule has 3 aliphatic carbocycles. The van der Waals surface area contributed by atoms with Gasteiger partial charge in [-0.2, -0.15) is 0 Å². The number of aryl methyl sites for hydroxylation is 2. The molecule has 4 unspecified atom stereocenters. The maximum atomic E-state index is 2.57. The molecule has 0 amide bonds. The van der Waals surface area contributed by atoms with E-state index >= 15 is 0 Å². The Bertz CT molecular complexity index is 1520. The number of rotatable bonds is 4. The molecule has 0 radical (unpaired) electrons. The Labute approximate surface area is 217 Å². The van der Waals surface area contributed by atoms with Crippen LogP contribution in [0.25, 0.3) is 21.5 Å². The lowest BCUT2D eigenvalue weighted by Crippen LogP contribution is -2.43.